The van der Waals surface area contributed by atoms with Crippen LogP contribution in [0.2, 0.25) is 0 Å². The van der Waals surface area contributed by atoms with E-state index in [1.54, 1.807) is 26.0 Å². The number of nitrogens with one attached hydrogen (secondary N) is 1. The molecular formula is C12H14N4O2. The molecule has 2 aromatic heterocycles. The van der Waals surface area contributed by atoms with E-state index in [1.165, 1.54) is 6.39 Å². The summed E-state index contributed by atoms with van der Waals surface area (Å²) in [5.74, 6) is 0.150. The second kappa shape index (κ2) is 4.56. The Morgan fingerprint density at radius 3 is 2.78 bits per heavy atom. The summed E-state index contributed by atoms with van der Waals surface area (Å²) in [6.45, 7) is 5.43. The van der Waals surface area contributed by atoms with Gasteiger partial charge in [-0.2, -0.15) is 4.98 Å². The smallest absolute Gasteiger partial charge is 0.270 e. The Morgan fingerprint density at radius 1 is 1.39 bits per heavy atom. The third kappa shape index (κ3) is 2.53. The van der Waals surface area contributed by atoms with E-state index in [9.17, 15) is 4.79 Å². The topological polar surface area (TPSA) is 80.9 Å². The number of amides is 1. The van der Waals surface area contributed by atoms with Gasteiger partial charge in [0.25, 0.3) is 5.91 Å². The predicted molar refractivity (Wildman–Crippen MR) is 63.8 cm³/mol. The van der Waals surface area contributed by atoms with E-state index < -0.39 is 5.54 Å². The van der Waals surface area contributed by atoms with E-state index in [4.69, 9.17) is 0 Å². The quantitative estimate of drug-likeness (QED) is 0.886. The number of rotatable bonds is 3. The van der Waals surface area contributed by atoms with Crippen molar-refractivity contribution in [2.24, 2.45) is 0 Å². The molecule has 2 rings (SSSR count). The molecule has 0 spiro atoms. The highest BCUT2D eigenvalue weighted by molar-refractivity contribution is 5.92. The first kappa shape index (κ1) is 12.2. The third-order valence-electron chi connectivity index (χ3n) is 2.47. The maximum atomic E-state index is 12.0. The Kier molecular flexibility index (Phi) is 3.10. The van der Waals surface area contributed by atoms with Crippen LogP contribution in [-0.2, 0) is 5.54 Å². The van der Waals surface area contributed by atoms with Gasteiger partial charge in [0.1, 0.15) is 5.69 Å². The molecule has 6 heteroatoms. The molecule has 0 aliphatic carbocycles. The molecule has 0 aliphatic heterocycles. The molecule has 1 amide bonds. The summed E-state index contributed by atoms with van der Waals surface area (Å²) in [4.78, 5) is 20.1. The first-order valence-corrected chi connectivity index (χ1v) is 5.52. The van der Waals surface area contributed by atoms with Crippen molar-refractivity contribution >= 4 is 5.91 Å². The van der Waals surface area contributed by atoms with Crippen molar-refractivity contribution in [3.05, 3.63) is 41.8 Å². The molecule has 0 atom stereocenters. The highest BCUT2D eigenvalue weighted by Crippen LogP contribution is 2.15. The lowest BCUT2D eigenvalue weighted by Crippen LogP contribution is -2.42. The Hall–Kier alpha value is -2.24. The van der Waals surface area contributed by atoms with Gasteiger partial charge in [0.2, 0.25) is 6.39 Å². The fourth-order valence-electron chi connectivity index (χ4n) is 1.52. The predicted octanol–water partition coefficient (Wildman–Crippen LogP) is 1.44. The van der Waals surface area contributed by atoms with Crippen molar-refractivity contribution in [1.29, 1.82) is 0 Å². The zero-order valence-corrected chi connectivity index (χ0v) is 10.5. The van der Waals surface area contributed by atoms with Gasteiger partial charge in [-0.25, -0.2) is 4.98 Å². The first-order chi connectivity index (χ1) is 8.49. The molecule has 0 bridgehead atoms. The molecule has 0 aliphatic rings. The van der Waals surface area contributed by atoms with Crippen molar-refractivity contribution in [3.8, 4) is 0 Å². The number of aryl methyl sites for hydroxylation is 1. The van der Waals surface area contributed by atoms with E-state index in [-0.39, 0.29) is 5.91 Å². The van der Waals surface area contributed by atoms with Crippen LogP contribution in [0.1, 0.15) is 35.9 Å². The molecule has 6 nitrogen and oxygen atoms in total. The van der Waals surface area contributed by atoms with Crippen molar-refractivity contribution < 1.29 is 9.32 Å². The molecule has 0 saturated heterocycles. The minimum Gasteiger partial charge on any atom is -0.343 e. The van der Waals surface area contributed by atoms with Crippen LogP contribution in [0.4, 0.5) is 0 Å². The van der Waals surface area contributed by atoms with Crippen LogP contribution in [0.25, 0.3) is 0 Å². The van der Waals surface area contributed by atoms with Gasteiger partial charge in [0.15, 0.2) is 5.82 Å². The van der Waals surface area contributed by atoms with Gasteiger partial charge in [-0.1, -0.05) is 11.2 Å². The minimum absolute atomic E-state index is 0.270. The fraction of sp³-hybridized carbons (Fsp3) is 0.333. The molecule has 94 valence electrons. The van der Waals surface area contributed by atoms with Gasteiger partial charge in [-0.15, -0.1) is 0 Å². The van der Waals surface area contributed by atoms with Crippen molar-refractivity contribution in [2.75, 3.05) is 0 Å². The Labute approximate surface area is 104 Å². The number of hydrogen-bond acceptors (Lipinski definition) is 5. The zero-order chi connectivity index (χ0) is 13.2. The van der Waals surface area contributed by atoms with Crippen molar-refractivity contribution in [3.63, 3.8) is 0 Å². The maximum absolute atomic E-state index is 12.0. The Bertz CT molecular complexity index is 549. The second-order valence-electron chi connectivity index (χ2n) is 4.50. The van der Waals surface area contributed by atoms with E-state index >= 15 is 0 Å². The number of nitrogens with zero attached hydrogens (tertiary/aromatic N) is 3. The Morgan fingerprint density at radius 2 is 2.17 bits per heavy atom. The average Bonchev–Trinajstić information content (AvgIpc) is 2.82. The fourth-order valence-corrected chi connectivity index (χ4v) is 1.52. The monoisotopic (exact) mass is 246 g/mol. The van der Waals surface area contributed by atoms with Crippen molar-refractivity contribution in [2.45, 2.75) is 26.3 Å². The third-order valence-corrected chi connectivity index (χ3v) is 2.47. The summed E-state index contributed by atoms with van der Waals surface area (Å²) >= 11 is 0. The standard InChI is InChI=1S/C12H14N4O2/c1-8-5-4-6-9(14-8)10(17)15-12(2,3)11-13-7-18-16-11/h4-7H,1-3H3,(H,15,17). The van der Waals surface area contributed by atoms with E-state index in [2.05, 4.69) is 25.0 Å². The van der Waals surface area contributed by atoms with E-state index in [0.29, 0.717) is 11.5 Å². The second-order valence-corrected chi connectivity index (χ2v) is 4.50. The van der Waals surface area contributed by atoms with Gasteiger partial charge < -0.3 is 9.84 Å². The molecule has 0 saturated carbocycles. The normalized spacial score (nSPS) is 11.3. The highest BCUT2D eigenvalue weighted by Gasteiger charge is 2.28. The lowest BCUT2D eigenvalue weighted by molar-refractivity contribution is 0.0902. The van der Waals surface area contributed by atoms with E-state index in [0.717, 1.165) is 5.69 Å². The number of carbonyl (C=O) groups is 1. The molecule has 18 heavy (non-hydrogen) atoms. The minimum atomic E-state index is -0.713. The average molecular weight is 246 g/mol. The van der Waals surface area contributed by atoms with Crippen molar-refractivity contribution in [1.82, 2.24) is 20.4 Å². The van der Waals surface area contributed by atoms with Crippen LogP contribution in [0, 0.1) is 6.92 Å². The number of hydrogen-bond donors (Lipinski definition) is 1. The molecule has 2 heterocycles. The number of carbonyl (C=O) groups excluding carboxylic acids is 1. The van der Waals surface area contributed by atoms with Crippen LogP contribution in [0.3, 0.4) is 0 Å². The van der Waals surface area contributed by atoms with E-state index in [1.807, 2.05) is 13.0 Å². The maximum Gasteiger partial charge on any atom is 0.270 e. The first-order valence-electron chi connectivity index (χ1n) is 5.52. The molecule has 1 N–H and O–H groups in total. The van der Waals surface area contributed by atoms with Gasteiger partial charge in [-0.05, 0) is 32.9 Å². The summed E-state index contributed by atoms with van der Waals surface area (Å²) < 4.78 is 4.68. The number of aromatic nitrogens is 3. The van der Waals surface area contributed by atoms with Crippen LogP contribution < -0.4 is 5.32 Å². The van der Waals surface area contributed by atoms with Gasteiger partial charge in [0.05, 0.1) is 5.54 Å². The molecule has 0 aromatic carbocycles. The lowest BCUT2D eigenvalue weighted by atomic mass is 10.0. The summed E-state index contributed by atoms with van der Waals surface area (Å²) in [6.07, 6.45) is 1.23. The summed E-state index contributed by atoms with van der Waals surface area (Å²) in [5, 5.41) is 6.55. The largest absolute Gasteiger partial charge is 0.343 e. The summed E-state index contributed by atoms with van der Waals surface area (Å²) in [5.41, 5.74) is 0.446. The lowest BCUT2D eigenvalue weighted by Gasteiger charge is -2.22. The highest BCUT2D eigenvalue weighted by atomic mass is 16.5. The van der Waals surface area contributed by atoms with Crippen LogP contribution >= 0.6 is 0 Å². The van der Waals surface area contributed by atoms with Gasteiger partial charge in [-0.3, -0.25) is 4.79 Å². The Balaban J connectivity index is 2.17. The molecule has 0 fully saturated rings. The molecule has 2 aromatic rings. The summed E-state index contributed by atoms with van der Waals surface area (Å²) in [7, 11) is 0. The molecule has 0 radical (unpaired) electrons. The van der Waals surface area contributed by atoms with Crippen LogP contribution in [0.5, 0.6) is 0 Å². The van der Waals surface area contributed by atoms with Crippen LogP contribution in [0.15, 0.2) is 29.1 Å². The SMILES string of the molecule is Cc1cccc(C(=O)NC(C)(C)c2ncon2)n1. The number of pyridine rings is 1. The zero-order valence-electron chi connectivity index (χ0n) is 10.5. The summed E-state index contributed by atoms with van der Waals surface area (Å²) in [6, 6.07) is 5.29. The van der Waals surface area contributed by atoms with Gasteiger partial charge >= 0.3 is 0 Å². The molecular weight excluding hydrogens is 232 g/mol. The molecule has 0 unspecified atom stereocenters. The van der Waals surface area contributed by atoms with Crippen LogP contribution in [-0.4, -0.2) is 21.0 Å². The van der Waals surface area contributed by atoms with Gasteiger partial charge in [0, 0.05) is 5.69 Å².